The first-order chi connectivity index (χ1) is 3.98. The first-order valence-electron chi connectivity index (χ1n) is 3.01. The van der Waals surface area contributed by atoms with Gasteiger partial charge >= 0.3 is 65.2 Å². The fourth-order valence-electron chi connectivity index (χ4n) is 0.326. The Morgan fingerprint density at radius 3 is 2.10 bits per heavy atom. The van der Waals surface area contributed by atoms with Crippen molar-refractivity contribution in [3.8, 4) is 0 Å². The van der Waals surface area contributed by atoms with E-state index in [2.05, 4.69) is 0 Å². The van der Waals surface area contributed by atoms with Crippen molar-refractivity contribution in [2.75, 3.05) is 6.61 Å². The van der Waals surface area contributed by atoms with E-state index in [9.17, 15) is 4.79 Å². The molecule has 0 fully saturated rings. The Morgan fingerprint density at radius 2 is 2.00 bits per heavy atom. The second-order valence-corrected chi connectivity index (χ2v) is 6.31. The van der Waals surface area contributed by atoms with E-state index in [1.165, 1.54) is 0 Å². The molecule has 56 valence electrons. The van der Waals surface area contributed by atoms with Gasteiger partial charge in [0.2, 0.25) is 0 Å². The van der Waals surface area contributed by atoms with Crippen molar-refractivity contribution < 1.29 is 44.8 Å². The summed E-state index contributed by atoms with van der Waals surface area (Å²) >= 11 is 0.950. The molecule has 0 spiro atoms. The Bertz CT molecular complexity index is 109. The minimum absolute atomic E-state index is 0. The molecule has 0 heterocycles. The Morgan fingerprint density at radius 1 is 1.60 bits per heavy atom. The maximum Gasteiger partial charge on any atom is -1.00 e. The van der Waals surface area contributed by atoms with E-state index in [4.69, 9.17) is 4.74 Å². The molecular formula is C6H11BrO2Zn. The third-order valence-corrected chi connectivity index (χ3v) is 1.43. The summed E-state index contributed by atoms with van der Waals surface area (Å²) in [7, 11) is 0. The molecule has 0 rings (SSSR count). The molecule has 0 bridgehead atoms. The summed E-state index contributed by atoms with van der Waals surface area (Å²) in [6.45, 7) is 6.10. The van der Waals surface area contributed by atoms with Gasteiger partial charge in [-0.2, -0.15) is 0 Å². The van der Waals surface area contributed by atoms with Gasteiger partial charge in [-0.05, 0) is 0 Å². The van der Waals surface area contributed by atoms with E-state index in [1.54, 1.807) is 0 Å². The van der Waals surface area contributed by atoms with E-state index in [0.29, 0.717) is 6.61 Å². The maximum atomic E-state index is 10.9. The third kappa shape index (κ3) is 5.37. The monoisotopic (exact) mass is 258 g/mol. The van der Waals surface area contributed by atoms with Gasteiger partial charge in [0, 0.05) is 0 Å². The number of ether oxygens (including phenoxy) is 1. The molecule has 2 nitrogen and oxygen atoms in total. The van der Waals surface area contributed by atoms with Crippen LogP contribution in [-0.2, 0) is 27.8 Å². The second kappa shape index (κ2) is 5.25. The van der Waals surface area contributed by atoms with Gasteiger partial charge in [0.1, 0.15) is 0 Å². The van der Waals surface area contributed by atoms with Crippen LogP contribution in [0.1, 0.15) is 20.8 Å². The smallest absolute Gasteiger partial charge is 1.00 e. The van der Waals surface area contributed by atoms with Gasteiger partial charge in [-0.25, -0.2) is 0 Å². The summed E-state index contributed by atoms with van der Waals surface area (Å²) < 4.78 is 4.57. The van der Waals surface area contributed by atoms with Gasteiger partial charge in [0.15, 0.2) is 0 Å². The molecule has 0 atom stereocenters. The fraction of sp³-hybridized carbons (Fsp3) is 0.833. The minimum Gasteiger partial charge on any atom is -1.00 e. The van der Waals surface area contributed by atoms with E-state index in [-0.39, 0.29) is 27.0 Å². The van der Waals surface area contributed by atoms with Crippen molar-refractivity contribution >= 4 is 5.97 Å². The van der Waals surface area contributed by atoms with E-state index >= 15 is 0 Å². The van der Waals surface area contributed by atoms with Crippen molar-refractivity contribution in [1.82, 2.24) is 0 Å². The first-order valence-corrected chi connectivity index (χ1v) is 4.49. The van der Waals surface area contributed by atoms with Crippen LogP contribution in [0.4, 0.5) is 0 Å². The zero-order chi connectivity index (χ0) is 7.49. The van der Waals surface area contributed by atoms with Crippen LogP contribution in [0.15, 0.2) is 0 Å². The van der Waals surface area contributed by atoms with Crippen molar-refractivity contribution in [3.05, 3.63) is 0 Å². The second-order valence-electron chi connectivity index (χ2n) is 2.60. The molecular weight excluding hydrogens is 249 g/mol. The average Bonchev–Trinajstić information content (AvgIpc) is 1.64. The third-order valence-electron chi connectivity index (χ3n) is 0.828. The zero-order valence-electron chi connectivity index (χ0n) is 6.61. The zero-order valence-corrected chi connectivity index (χ0v) is 11.2. The Kier molecular flexibility index (Phi) is 6.93. The van der Waals surface area contributed by atoms with Crippen molar-refractivity contribution in [1.29, 1.82) is 0 Å². The normalized spacial score (nSPS) is 10.1. The molecule has 0 amide bonds. The molecule has 0 saturated heterocycles. The summed E-state index contributed by atoms with van der Waals surface area (Å²) in [5, 5.41) is 0. The van der Waals surface area contributed by atoms with Gasteiger partial charge in [-0.3, -0.25) is 0 Å². The van der Waals surface area contributed by atoms with Crippen LogP contribution in [0.2, 0.25) is 4.01 Å². The van der Waals surface area contributed by atoms with Crippen LogP contribution < -0.4 is 17.0 Å². The Hall–Kier alpha value is 0.573. The summed E-state index contributed by atoms with van der Waals surface area (Å²) in [6.07, 6.45) is 0. The molecule has 0 saturated carbocycles. The van der Waals surface area contributed by atoms with Gasteiger partial charge < -0.3 is 17.0 Å². The Labute approximate surface area is 82.2 Å². The topological polar surface area (TPSA) is 26.3 Å². The van der Waals surface area contributed by atoms with Crippen molar-refractivity contribution in [2.45, 2.75) is 24.8 Å². The van der Waals surface area contributed by atoms with E-state index < -0.39 is 0 Å². The molecule has 0 aliphatic carbocycles. The SMILES string of the molecule is CCOC(=O)[C](C)(C)[Zn+].[Br-]. The summed E-state index contributed by atoms with van der Waals surface area (Å²) in [6, 6.07) is 0. The largest absolute Gasteiger partial charge is 1.00 e. The molecule has 0 unspecified atom stereocenters. The average molecular weight is 260 g/mol. The molecule has 0 aromatic rings. The Balaban J connectivity index is 0. The predicted molar refractivity (Wildman–Crippen MR) is 30.7 cm³/mol. The number of hydrogen-bond donors (Lipinski definition) is 0. The van der Waals surface area contributed by atoms with E-state index in [1.807, 2.05) is 20.8 Å². The first kappa shape index (κ1) is 13.2. The molecule has 0 aromatic heterocycles. The predicted octanol–water partition coefficient (Wildman–Crippen LogP) is -1.70. The maximum absolute atomic E-state index is 10.9. The molecule has 0 aliphatic heterocycles. The standard InChI is InChI=1S/C6H11O2.BrH.Zn/c1-4-8-6(7)5(2)3;;/h4H2,1-3H3;1H;/q;;+1/p-1. The van der Waals surface area contributed by atoms with Crippen molar-refractivity contribution in [3.63, 3.8) is 0 Å². The van der Waals surface area contributed by atoms with Crippen LogP contribution in [0, 0.1) is 0 Å². The van der Waals surface area contributed by atoms with Gasteiger partial charge in [0.05, 0.1) is 0 Å². The molecule has 0 aliphatic rings. The van der Waals surface area contributed by atoms with Gasteiger partial charge in [0.25, 0.3) is 0 Å². The van der Waals surface area contributed by atoms with Crippen molar-refractivity contribution in [2.24, 2.45) is 0 Å². The van der Waals surface area contributed by atoms with E-state index in [0.717, 1.165) is 18.3 Å². The summed E-state index contributed by atoms with van der Waals surface area (Å²) in [5.74, 6) is -0.0787. The van der Waals surface area contributed by atoms with Crippen LogP contribution >= 0.6 is 0 Å². The minimum atomic E-state index is -0.226. The van der Waals surface area contributed by atoms with Crippen LogP contribution in [0.25, 0.3) is 0 Å². The molecule has 0 N–H and O–H groups in total. The van der Waals surface area contributed by atoms with Gasteiger partial charge in [-0.1, -0.05) is 0 Å². The number of halogens is 1. The number of esters is 1. The van der Waals surface area contributed by atoms with Crippen LogP contribution in [0.3, 0.4) is 0 Å². The number of carbonyl (C=O) groups excluding carboxylic acids is 1. The molecule has 0 aromatic carbocycles. The van der Waals surface area contributed by atoms with Gasteiger partial charge in [-0.15, -0.1) is 0 Å². The molecule has 10 heavy (non-hydrogen) atoms. The number of hydrogen-bond acceptors (Lipinski definition) is 2. The summed E-state index contributed by atoms with van der Waals surface area (Å²) in [5.41, 5.74) is 0. The van der Waals surface area contributed by atoms with Crippen LogP contribution in [0.5, 0.6) is 0 Å². The molecule has 0 radical (unpaired) electrons. The quantitative estimate of drug-likeness (QED) is 0.437. The number of rotatable bonds is 2. The molecule has 4 heteroatoms. The number of carbonyl (C=O) groups is 1. The van der Waals surface area contributed by atoms with Crippen LogP contribution in [-0.4, -0.2) is 12.6 Å². The fourth-order valence-corrected chi connectivity index (χ4v) is 0.541. The summed E-state index contributed by atoms with van der Waals surface area (Å²) in [4.78, 5) is 10.9.